The van der Waals surface area contributed by atoms with E-state index in [1.54, 1.807) is 22.3 Å². The van der Waals surface area contributed by atoms with Crippen LogP contribution in [0.1, 0.15) is 0 Å². The highest BCUT2D eigenvalue weighted by Gasteiger charge is 2.22. The summed E-state index contributed by atoms with van der Waals surface area (Å²) in [5.74, 6) is 0.779. The third kappa shape index (κ3) is 1.55. The fourth-order valence-corrected chi connectivity index (χ4v) is 1.36. The molecule has 2 rings (SSSR count). The molecule has 0 atom stereocenters. The monoisotopic (exact) mass is 198 g/mol. The van der Waals surface area contributed by atoms with E-state index in [0.29, 0.717) is 6.54 Å². The quantitative estimate of drug-likeness (QED) is 0.532. The van der Waals surface area contributed by atoms with Gasteiger partial charge in [-0.15, -0.1) is 18.2 Å². The summed E-state index contributed by atoms with van der Waals surface area (Å²) in [6, 6.07) is 0. The van der Waals surface area contributed by atoms with E-state index in [1.165, 1.54) is 0 Å². The Balaban J connectivity index is 2.13. The van der Waals surface area contributed by atoms with Gasteiger partial charge in [-0.05, 0) is 6.08 Å². The van der Waals surface area contributed by atoms with Crippen LogP contribution in [0.15, 0.2) is 28.1 Å². The number of nitrogens with one attached hydrogen (secondary N) is 1. The van der Waals surface area contributed by atoms with Crippen molar-refractivity contribution >= 4 is 18.8 Å². The van der Waals surface area contributed by atoms with E-state index in [9.17, 15) is 0 Å². The number of aliphatic imine (C=N–C) groups is 1. The summed E-state index contributed by atoms with van der Waals surface area (Å²) < 4.78 is 0. The van der Waals surface area contributed by atoms with Crippen molar-refractivity contribution < 1.29 is 5.11 Å². The number of hydrogen-bond donors (Lipinski definition) is 3. The molecule has 0 unspecified atom stereocenters. The van der Waals surface area contributed by atoms with Crippen LogP contribution in [-0.2, 0) is 0 Å². The normalized spacial score (nSPS) is 20.2. The molecule has 0 saturated heterocycles. The summed E-state index contributed by atoms with van der Waals surface area (Å²) in [4.78, 5) is 4.13. The first-order valence-electron chi connectivity index (χ1n) is 3.90. The molecule has 0 radical (unpaired) electrons. The summed E-state index contributed by atoms with van der Waals surface area (Å²) >= 11 is 4.25. The Labute approximate surface area is 81.4 Å². The molecule has 0 aromatic carbocycles. The van der Waals surface area contributed by atoms with Crippen LogP contribution < -0.4 is 5.53 Å². The van der Waals surface area contributed by atoms with Crippen molar-refractivity contribution in [2.75, 3.05) is 13.2 Å². The van der Waals surface area contributed by atoms with Gasteiger partial charge in [0.1, 0.15) is 0 Å². The Morgan fingerprint density at radius 3 is 3.15 bits per heavy atom. The van der Waals surface area contributed by atoms with Gasteiger partial charge in [0.2, 0.25) is 0 Å². The lowest BCUT2D eigenvalue weighted by Gasteiger charge is -2.23. The van der Waals surface area contributed by atoms with E-state index in [2.05, 4.69) is 23.2 Å². The smallest absolute Gasteiger partial charge is 0.167 e. The number of nitrogens with zero attached hydrogens (tertiary/aromatic N) is 3. The first kappa shape index (κ1) is 8.61. The molecule has 0 aromatic rings. The predicted molar refractivity (Wildman–Crippen MR) is 52.4 cm³/mol. The molecule has 0 bridgehead atoms. The van der Waals surface area contributed by atoms with E-state index in [0.717, 1.165) is 10.9 Å². The maximum absolute atomic E-state index is 8.72. The van der Waals surface area contributed by atoms with E-state index in [-0.39, 0.29) is 6.61 Å². The number of aliphatic hydroxyl groups excluding tert-OH is 1. The number of thiol groups is 1. The molecule has 0 saturated carbocycles. The van der Waals surface area contributed by atoms with Gasteiger partial charge in [-0.3, -0.25) is 5.01 Å². The standard InChI is InChI=1S/C7H10N4OS/c12-4-3-10-5-6-8-2-1-7(13)11(6)9-10/h1-2,5,9,12-13H,3-4H2. The maximum Gasteiger partial charge on any atom is 0.167 e. The van der Waals surface area contributed by atoms with Gasteiger partial charge in [0.15, 0.2) is 5.82 Å². The minimum absolute atomic E-state index is 0.0972. The summed E-state index contributed by atoms with van der Waals surface area (Å²) in [6.07, 6.45) is 5.29. The second kappa shape index (κ2) is 3.41. The zero-order valence-corrected chi connectivity index (χ0v) is 7.78. The molecular formula is C7H10N4OS. The van der Waals surface area contributed by atoms with Crippen LogP contribution >= 0.6 is 12.6 Å². The van der Waals surface area contributed by atoms with Crippen LogP contribution in [0.2, 0.25) is 0 Å². The Kier molecular flexibility index (Phi) is 2.26. The average Bonchev–Trinajstić information content (AvgIpc) is 2.49. The van der Waals surface area contributed by atoms with Crippen LogP contribution in [-0.4, -0.2) is 34.5 Å². The maximum atomic E-state index is 8.72. The Morgan fingerprint density at radius 1 is 1.62 bits per heavy atom. The summed E-state index contributed by atoms with van der Waals surface area (Å²) in [7, 11) is 0. The van der Waals surface area contributed by atoms with Gasteiger partial charge in [0.05, 0.1) is 24.4 Å². The van der Waals surface area contributed by atoms with Gasteiger partial charge in [-0.1, -0.05) is 0 Å². The number of allylic oxidation sites excluding steroid dienone is 1. The molecule has 2 N–H and O–H groups in total. The summed E-state index contributed by atoms with van der Waals surface area (Å²) in [5.41, 5.74) is 3.00. The first-order valence-corrected chi connectivity index (χ1v) is 4.35. The minimum Gasteiger partial charge on any atom is -0.394 e. The van der Waals surface area contributed by atoms with Gasteiger partial charge in [0, 0.05) is 6.21 Å². The molecule has 0 spiro atoms. The lowest BCUT2D eigenvalue weighted by atomic mass is 10.5. The number of hydrogen-bond acceptors (Lipinski definition) is 6. The molecular weight excluding hydrogens is 188 g/mol. The average molecular weight is 198 g/mol. The molecule has 0 amide bonds. The highest BCUT2D eigenvalue weighted by Crippen LogP contribution is 2.22. The number of rotatable bonds is 2. The van der Waals surface area contributed by atoms with Gasteiger partial charge >= 0.3 is 0 Å². The zero-order valence-electron chi connectivity index (χ0n) is 6.88. The van der Waals surface area contributed by atoms with Crippen LogP contribution in [0.25, 0.3) is 0 Å². The highest BCUT2D eigenvalue weighted by atomic mass is 32.1. The fraction of sp³-hybridized carbons (Fsp3) is 0.286. The largest absolute Gasteiger partial charge is 0.394 e. The van der Waals surface area contributed by atoms with Crippen LogP contribution in [0, 0.1) is 0 Å². The third-order valence-corrected chi connectivity index (χ3v) is 2.08. The molecule has 2 heterocycles. The molecule has 6 heteroatoms. The topological polar surface area (TPSA) is 51.1 Å². The van der Waals surface area contributed by atoms with E-state index in [1.807, 2.05) is 6.20 Å². The highest BCUT2D eigenvalue weighted by molar-refractivity contribution is 7.84. The SMILES string of the molecule is OCCN1C=C2N=CC=C(S)N2N1. The number of fused-ring (bicyclic) bond motifs is 1. The van der Waals surface area contributed by atoms with E-state index < -0.39 is 0 Å². The molecule has 0 aromatic heterocycles. The second-order valence-corrected chi connectivity index (χ2v) is 3.10. The predicted octanol–water partition coefficient (Wildman–Crippen LogP) is -0.330. The van der Waals surface area contributed by atoms with Gasteiger partial charge in [-0.25, -0.2) is 10.0 Å². The summed E-state index contributed by atoms with van der Waals surface area (Å²) in [6.45, 7) is 0.622. The zero-order chi connectivity index (χ0) is 9.26. The molecule has 70 valence electrons. The third-order valence-electron chi connectivity index (χ3n) is 1.73. The van der Waals surface area contributed by atoms with Crippen molar-refractivity contribution in [2.24, 2.45) is 4.99 Å². The van der Waals surface area contributed by atoms with Crippen molar-refractivity contribution in [2.45, 2.75) is 0 Å². The lowest BCUT2D eigenvalue weighted by molar-refractivity contribution is 0.137. The number of β-amino-alcohol motifs (C(OH)–C–C–N with tert-alkyl or cyclic N) is 1. The Morgan fingerprint density at radius 2 is 2.46 bits per heavy atom. The summed E-state index contributed by atoms with van der Waals surface area (Å²) in [5, 5.41) is 13.0. The van der Waals surface area contributed by atoms with Gasteiger partial charge in [0.25, 0.3) is 0 Å². The van der Waals surface area contributed by atoms with Crippen molar-refractivity contribution in [3.63, 3.8) is 0 Å². The van der Waals surface area contributed by atoms with Gasteiger partial charge < -0.3 is 5.11 Å². The molecule has 5 nitrogen and oxygen atoms in total. The lowest BCUT2D eigenvalue weighted by Crippen LogP contribution is -2.40. The number of hydrazine groups is 2. The second-order valence-electron chi connectivity index (χ2n) is 2.64. The van der Waals surface area contributed by atoms with Crippen molar-refractivity contribution in [3.8, 4) is 0 Å². The number of aliphatic hydroxyl groups is 1. The Bertz CT molecular complexity index is 299. The molecule has 0 fully saturated rings. The molecule has 0 aliphatic carbocycles. The van der Waals surface area contributed by atoms with Crippen LogP contribution in [0.4, 0.5) is 0 Å². The van der Waals surface area contributed by atoms with Gasteiger partial charge in [-0.2, -0.15) is 0 Å². The molecule has 2 aliphatic rings. The van der Waals surface area contributed by atoms with E-state index >= 15 is 0 Å². The van der Waals surface area contributed by atoms with Crippen molar-refractivity contribution in [1.29, 1.82) is 0 Å². The Hall–Kier alpha value is -0.980. The fourth-order valence-electron chi connectivity index (χ4n) is 1.14. The van der Waals surface area contributed by atoms with E-state index in [4.69, 9.17) is 5.11 Å². The van der Waals surface area contributed by atoms with Crippen LogP contribution in [0.3, 0.4) is 0 Å². The van der Waals surface area contributed by atoms with Crippen molar-refractivity contribution in [1.82, 2.24) is 15.6 Å². The first-order chi connectivity index (χ1) is 6.31. The van der Waals surface area contributed by atoms with Crippen LogP contribution in [0.5, 0.6) is 0 Å². The minimum atomic E-state index is 0.0972. The molecule has 2 aliphatic heterocycles. The van der Waals surface area contributed by atoms with Crippen molar-refractivity contribution in [3.05, 3.63) is 23.1 Å². The molecule has 13 heavy (non-hydrogen) atoms.